The molecule has 1 aromatic rings. The number of hydrogen-bond donors (Lipinski definition) is 2. The van der Waals surface area contributed by atoms with Crippen LogP contribution < -0.4 is 10.6 Å². The van der Waals surface area contributed by atoms with E-state index in [1.54, 1.807) is 0 Å². The predicted molar refractivity (Wildman–Crippen MR) is 118 cm³/mol. The lowest BCUT2D eigenvalue weighted by Gasteiger charge is -2.26. The molecule has 2 fully saturated rings. The van der Waals surface area contributed by atoms with Crippen molar-refractivity contribution in [3.63, 3.8) is 0 Å². The van der Waals surface area contributed by atoms with Gasteiger partial charge in [0.15, 0.2) is 5.96 Å². The van der Waals surface area contributed by atoms with Crippen LogP contribution in [0.1, 0.15) is 49.7 Å². The Morgan fingerprint density at radius 2 is 1.86 bits per heavy atom. The van der Waals surface area contributed by atoms with Crippen LogP contribution in [-0.2, 0) is 22.6 Å². The van der Waals surface area contributed by atoms with Gasteiger partial charge in [0.25, 0.3) is 0 Å². The van der Waals surface area contributed by atoms with Gasteiger partial charge >= 0.3 is 0 Å². The van der Waals surface area contributed by atoms with E-state index in [2.05, 4.69) is 44.8 Å². The third kappa shape index (κ3) is 8.33. The zero-order valence-electron chi connectivity index (χ0n) is 18.0. The van der Waals surface area contributed by atoms with Gasteiger partial charge in [-0.3, -0.25) is 9.89 Å². The second-order valence-electron chi connectivity index (χ2n) is 8.05. The second kappa shape index (κ2) is 12.8. The third-order valence-electron chi connectivity index (χ3n) is 5.74. The minimum absolute atomic E-state index is 0.448. The van der Waals surface area contributed by atoms with Gasteiger partial charge in [-0.1, -0.05) is 49.9 Å². The highest BCUT2D eigenvalue weighted by molar-refractivity contribution is 5.79. The van der Waals surface area contributed by atoms with Gasteiger partial charge < -0.3 is 20.1 Å². The molecule has 3 rings (SSSR count). The number of nitrogens with one attached hydrogen (secondary N) is 2. The van der Waals surface area contributed by atoms with Crippen molar-refractivity contribution in [3.05, 3.63) is 35.4 Å². The lowest BCUT2D eigenvalue weighted by molar-refractivity contribution is 0.0342. The van der Waals surface area contributed by atoms with Gasteiger partial charge in [0.2, 0.25) is 0 Å². The van der Waals surface area contributed by atoms with Gasteiger partial charge in [-0.05, 0) is 24.0 Å². The summed E-state index contributed by atoms with van der Waals surface area (Å²) in [7, 11) is 1.82. The molecule has 1 aliphatic heterocycles. The van der Waals surface area contributed by atoms with Crippen LogP contribution in [0.5, 0.6) is 0 Å². The molecule has 0 atom stereocenters. The number of morpholine rings is 1. The van der Waals surface area contributed by atoms with E-state index in [1.165, 1.54) is 49.7 Å². The van der Waals surface area contributed by atoms with E-state index in [4.69, 9.17) is 9.47 Å². The van der Waals surface area contributed by atoms with Crippen LogP contribution in [0.3, 0.4) is 0 Å². The lowest BCUT2D eigenvalue weighted by atomic mass is 10.1. The number of ether oxygens (including phenoxy) is 2. The van der Waals surface area contributed by atoms with E-state index >= 15 is 0 Å². The molecule has 2 aliphatic rings. The summed E-state index contributed by atoms with van der Waals surface area (Å²) in [6.45, 7) is 6.99. The molecule has 0 aromatic heterocycles. The SMILES string of the molecule is CN=C(NCCOC1CCCCCC1)NCc1cccc(CN2CCOCC2)c1. The molecule has 29 heavy (non-hydrogen) atoms. The lowest BCUT2D eigenvalue weighted by Crippen LogP contribution is -2.39. The number of nitrogens with zero attached hydrogens (tertiary/aromatic N) is 2. The Balaban J connectivity index is 1.35. The molecule has 0 radical (unpaired) electrons. The summed E-state index contributed by atoms with van der Waals surface area (Å²) in [5.41, 5.74) is 2.62. The molecule has 162 valence electrons. The van der Waals surface area contributed by atoms with Crippen LogP contribution in [0.25, 0.3) is 0 Å². The van der Waals surface area contributed by atoms with E-state index in [0.29, 0.717) is 6.10 Å². The van der Waals surface area contributed by atoms with Crippen molar-refractivity contribution in [2.24, 2.45) is 4.99 Å². The molecule has 1 saturated carbocycles. The fraction of sp³-hybridized carbons (Fsp3) is 0.696. The number of aliphatic imine (C=N–C) groups is 1. The Bertz CT molecular complexity index is 609. The number of guanidine groups is 1. The molecule has 0 bridgehead atoms. The summed E-state index contributed by atoms with van der Waals surface area (Å²) < 4.78 is 11.5. The second-order valence-corrected chi connectivity index (χ2v) is 8.05. The molecule has 1 aliphatic carbocycles. The topological polar surface area (TPSA) is 58.1 Å². The zero-order valence-corrected chi connectivity index (χ0v) is 18.0. The van der Waals surface area contributed by atoms with E-state index < -0.39 is 0 Å². The van der Waals surface area contributed by atoms with Crippen molar-refractivity contribution >= 4 is 5.96 Å². The minimum atomic E-state index is 0.448. The van der Waals surface area contributed by atoms with Gasteiger partial charge in [-0.15, -0.1) is 0 Å². The minimum Gasteiger partial charge on any atom is -0.379 e. The Hall–Kier alpha value is -1.63. The number of hydrogen-bond acceptors (Lipinski definition) is 4. The third-order valence-corrected chi connectivity index (χ3v) is 5.74. The van der Waals surface area contributed by atoms with Crippen molar-refractivity contribution < 1.29 is 9.47 Å². The van der Waals surface area contributed by atoms with E-state index in [1.807, 2.05) is 7.05 Å². The predicted octanol–water partition coefficient (Wildman–Crippen LogP) is 2.92. The number of benzene rings is 1. The fourth-order valence-corrected chi connectivity index (χ4v) is 4.07. The molecule has 1 heterocycles. The van der Waals surface area contributed by atoms with Gasteiger partial charge in [0.1, 0.15) is 0 Å². The summed E-state index contributed by atoms with van der Waals surface area (Å²) >= 11 is 0. The van der Waals surface area contributed by atoms with Crippen molar-refractivity contribution in [2.75, 3.05) is 46.5 Å². The van der Waals surface area contributed by atoms with Gasteiger partial charge in [-0.25, -0.2) is 0 Å². The van der Waals surface area contributed by atoms with Crippen LogP contribution >= 0.6 is 0 Å². The summed E-state index contributed by atoms with van der Waals surface area (Å²) in [5.74, 6) is 0.827. The maximum absolute atomic E-state index is 6.05. The van der Waals surface area contributed by atoms with Crippen LogP contribution in [0.15, 0.2) is 29.3 Å². The first-order chi connectivity index (χ1) is 14.3. The molecule has 6 heteroatoms. The van der Waals surface area contributed by atoms with Crippen LogP contribution in [-0.4, -0.2) is 63.5 Å². The first-order valence-electron chi connectivity index (χ1n) is 11.3. The maximum Gasteiger partial charge on any atom is 0.191 e. The van der Waals surface area contributed by atoms with E-state index in [-0.39, 0.29) is 0 Å². The van der Waals surface area contributed by atoms with Gasteiger partial charge in [0.05, 0.1) is 25.9 Å². The monoisotopic (exact) mass is 402 g/mol. The van der Waals surface area contributed by atoms with Gasteiger partial charge in [-0.2, -0.15) is 0 Å². The smallest absolute Gasteiger partial charge is 0.191 e. The van der Waals surface area contributed by atoms with Crippen LogP contribution in [0, 0.1) is 0 Å². The first kappa shape index (κ1) is 22.1. The Kier molecular flexibility index (Phi) is 9.76. The molecule has 1 saturated heterocycles. The van der Waals surface area contributed by atoms with E-state index in [0.717, 1.165) is 58.5 Å². The largest absolute Gasteiger partial charge is 0.379 e. The number of rotatable bonds is 8. The summed E-state index contributed by atoms with van der Waals surface area (Å²) in [5, 5.41) is 6.78. The Morgan fingerprint density at radius 1 is 1.10 bits per heavy atom. The summed E-state index contributed by atoms with van der Waals surface area (Å²) in [6.07, 6.45) is 8.23. The molecule has 1 aromatic carbocycles. The molecule has 0 amide bonds. The zero-order chi connectivity index (χ0) is 20.2. The highest BCUT2D eigenvalue weighted by Crippen LogP contribution is 2.19. The standard InChI is InChI=1S/C23H38N4O2/c1-24-23(25-11-14-29-22-9-4-2-3-5-10-22)26-18-20-7-6-8-21(17-20)19-27-12-15-28-16-13-27/h6-8,17,22H,2-5,9-16,18-19H2,1H3,(H2,24,25,26). The van der Waals surface area contributed by atoms with Crippen LogP contribution in [0.4, 0.5) is 0 Å². The maximum atomic E-state index is 6.05. The fourth-order valence-electron chi connectivity index (χ4n) is 4.07. The van der Waals surface area contributed by atoms with Crippen molar-refractivity contribution in [2.45, 2.75) is 57.7 Å². The molecule has 0 unspecified atom stereocenters. The normalized spacial score (nSPS) is 19.7. The highest BCUT2D eigenvalue weighted by Gasteiger charge is 2.12. The summed E-state index contributed by atoms with van der Waals surface area (Å²) in [6, 6.07) is 8.80. The molecular weight excluding hydrogens is 364 g/mol. The van der Waals surface area contributed by atoms with Crippen molar-refractivity contribution in [3.8, 4) is 0 Å². The summed E-state index contributed by atoms with van der Waals surface area (Å²) in [4.78, 5) is 6.78. The average molecular weight is 403 g/mol. The molecule has 6 nitrogen and oxygen atoms in total. The first-order valence-corrected chi connectivity index (χ1v) is 11.3. The van der Waals surface area contributed by atoms with Gasteiger partial charge in [0, 0.05) is 39.8 Å². The van der Waals surface area contributed by atoms with Crippen molar-refractivity contribution in [1.82, 2.24) is 15.5 Å². The quantitative estimate of drug-likeness (QED) is 0.303. The van der Waals surface area contributed by atoms with Crippen molar-refractivity contribution in [1.29, 1.82) is 0 Å². The van der Waals surface area contributed by atoms with E-state index in [9.17, 15) is 0 Å². The average Bonchev–Trinajstić information content (AvgIpc) is 3.03. The Labute approximate surface area is 176 Å². The molecular formula is C23H38N4O2. The molecule has 2 N–H and O–H groups in total. The Morgan fingerprint density at radius 3 is 2.62 bits per heavy atom. The molecule has 0 spiro atoms. The van der Waals surface area contributed by atoms with Crippen LogP contribution in [0.2, 0.25) is 0 Å². The highest BCUT2D eigenvalue weighted by atomic mass is 16.5.